The van der Waals surface area contributed by atoms with E-state index in [0.29, 0.717) is 5.15 Å². The fraction of sp³-hybridized carbons (Fsp3) is 0.308. The van der Waals surface area contributed by atoms with Crippen LogP contribution in [0.5, 0.6) is 0 Å². The minimum atomic E-state index is 0.526. The summed E-state index contributed by atoms with van der Waals surface area (Å²) in [6.07, 6.45) is 1.80. The number of hydrogen-bond donors (Lipinski definition) is 0. The van der Waals surface area contributed by atoms with Crippen molar-refractivity contribution in [1.82, 2.24) is 9.88 Å². The Kier molecular flexibility index (Phi) is 3.82. The molecule has 90 valence electrons. The van der Waals surface area contributed by atoms with Crippen molar-refractivity contribution in [3.05, 3.63) is 52.7 Å². The van der Waals surface area contributed by atoms with E-state index in [0.717, 1.165) is 30.2 Å². The number of halogens is 1. The molecule has 0 fully saturated rings. The van der Waals surface area contributed by atoms with E-state index in [1.807, 2.05) is 38.2 Å². The Morgan fingerprint density at radius 2 is 2.06 bits per heavy atom. The number of nitrogens with zero attached hydrogens (tertiary/aromatic N) is 2. The Labute approximate surface area is 106 Å². The number of hydrogen-bond acceptors (Lipinski definition) is 3. The molecule has 4 heteroatoms. The highest BCUT2D eigenvalue weighted by Crippen LogP contribution is 2.11. The lowest BCUT2D eigenvalue weighted by Gasteiger charge is -2.14. The molecule has 2 rings (SSSR count). The van der Waals surface area contributed by atoms with Gasteiger partial charge in [-0.05, 0) is 37.7 Å². The molecule has 2 aromatic rings. The van der Waals surface area contributed by atoms with Crippen molar-refractivity contribution in [1.29, 1.82) is 0 Å². The van der Waals surface area contributed by atoms with Crippen LogP contribution in [0.1, 0.15) is 17.1 Å². The van der Waals surface area contributed by atoms with Gasteiger partial charge in [0.2, 0.25) is 0 Å². The summed E-state index contributed by atoms with van der Waals surface area (Å²) in [6, 6.07) is 7.78. The summed E-state index contributed by atoms with van der Waals surface area (Å²) in [6.45, 7) is 3.56. The second-order valence-corrected chi connectivity index (χ2v) is 4.56. The van der Waals surface area contributed by atoms with Crippen molar-refractivity contribution in [2.24, 2.45) is 0 Å². The van der Waals surface area contributed by atoms with Gasteiger partial charge in [0, 0.05) is 12.7 Å². The first-order valence-corrected chi connectivity index (χ1v) is 5.85. The number of furan rings is 1. The molecule has 0 bridgehead atoms. The Hall–Kier alpha value is -1.32. The first-order valence-electron chi connectivity index (χ1n) is 5.48. The van der Waals surface area contributed by atoms with Crippen LogP contribution < -0.4 is 0 Å². The molecular weight excluding hydrogens is 236 g/mol. The van der Waals surface area contributed by atoms with Crippen molar-refractivity contribution < 1.29 is 4.42 Å². The molecule has 0 aliphatic rings. The van der Waals surface area contributed by atoms with Crippen LogP contribution in [0.2, 0.25) is 5.15 Å². The topological polar surface area (TPSA) is 29.3 Å². The molecule has 0 N–H and O–H groups in total. The highest BCUT2D eigenvalue weighted by Gasteiger charge is 2.05. The number of aromatic nitrogens is 1. The Morgan fingerprint density at radius 3 is 2.65 bits per heavy atom. The SMILES string of the molecule is Cc1ccc(CN(C)Cc2ccc(Cl)nc2)o1. The van der Waals surface area contributed by atoms with Crippen molar-refractivity contribution in [2.75, 3.05) is 7.05 Å². The van der Waals surface area contributed by atoms with Crippen molar-refractivity contribution in [3.63, 3.8) is 0 Å². The zero-order valence-corrected chi connectivity index (χ0v) is 10.7. The van der Waals surface area contributed by atoms with Gasteiger partial charge in [-0.1, -0.05) is 17.7 Å². The van der Waals surface area contributed by atoms with Crippen LogP contribution in [0.4, 0.5) is 0 Å². The van der Waals surface area contributed by atoms with Crippen molar-refractivity contribution in [3.8, 4) is 0 Å². The van der Waals surface area contributed by atoms with Gasteiger partial charge in [0.1, 0.15) is 16.7 Å². The smallest absolute Gasteiger partial charge is 0.129 e. The zero-order chi connectivity index (χ0) is 12.3. The predicted molar refractivity (Wildman–Crippen MR) is 67.9 cm³/mol. The third-order valence-electron chi connectivity index (χ3n) is 2.46. The van der Waals surface area contributed by atoms with E-state index in [1.165, 1.54) is 0 Å². The van der Waals surface area contributed by atoms with Gasteiger partial charge in [-0.15, -0.1) is 0 Å². The second kappa shape index (κ2) is 5.34. The summed E-state index contributed by atoms with van der Waals surface area (Å²) < 4.78 is 5.53. The lowest BCUT2D eigenvalue weighted by atomic mass is 10.2. The predicted octanol–water partition coefficient (Wildman–Crippen LogP) is 3.27. The molecule has 0 unspecified atom stereocenters. The van der Waals surface area contributed by atoms with Crippen LogP contribution in [0, 0.1) is 6.92 Å². The summed E-state index contributed by atoms with van der Waals surface area (Å²) >= 11 is 5.74. The third-order valence-corrected chi connectivity index (χ3v) is 2.69. The second-order valence-electron chi connectivity index (χ2n) is 4.17. The summed E-state index contributed by atoms with van der Waals surface area (Å²) in [5, 5.41) is 0.526. The molecule has 0 spiro atoms. The van der Waals surface area contributed by atoms with Gasteiger partial charge in [-0.3, -0.25) is 4.90 Å². The quantitative estimate of drug-likeness (QED) is 0.780. The maximum Gasteiger partial charge on any atom is 0.129 e. The molecule has 17 heavy (non-hydrogen) atoms. The van der Waals surface area contributed by atoms with Gasteiger partial charge in [0.05, 0.1) is 6.54 Å². The summed E-state index contributed by atoms with van der Waals surface area (Å²) in [4.78, 5) is 6.23. The average Bonchev–Trinajstić information content (AvgIpc) is 2.67. The number of rotatable bonds is 4. The summed E-state index contributed by atoms with van der Waals surface area (Å²) in [7, 11) is 2.05. The van der Waals surface area contributed by atoms with Crippen LogP contribution in [0.25, 0.3) is 0 Å². The Bertz CT molecular complexity index is 478. The van der Waals surface area contributed by atoms with Gasteiger partial charge in [0.25, 0.3) is 0 Å². The van der Waals surface area contributed by atoms with E-state index in [2.05, 4.69) is 9.88 Å². The van der Waals surface area contributed by atoms with Crippen LogP contribution >= 0.6 is 11.6 Å². The lowest BCUT2D eigenvalue weighted by Crippen LogP contribution is -2.16. The maximum absolute atomic E-state index is 5.74. The van der Waals surface area contributed by atoms with Crippen LogP contribution in [0.3, 0.4) is 0 Å². The largest absolute Gasteiger partial charge is 0.465 e. The maximum atomic E-state index is 5.74. The minimum Gasteiger partial charge on any atom is -0.465 e. The zero-order valence-electron chi connectivity index (χ0n) is 9.98. The molecule has 0 amide bonds. The number of pyridine rings is 1. The van der Waals surface area contributed by atoms with E-state index >= 15 is 0 Å². The van der Waals surface area contributed by atoms with Crippen LogP contribution in [0.15, 0.2) is 34.9 Å². The Morgan fingerprint density at radius 1 is 1.24 bits per heavy atom. The Balaban J connectivity index is 1.93. The summed E-state index contributed by atoms with van der Waals surface area (Å²) in [5.41, 5.74) is 1.14. The molecule has 0 saturated carbocycles. The monoisotopic (exact) mass is 250 g/mol. The first kappa shape index (κ1) is 12.1. The minimum absolute atomic E-state index is 0.526. The standard InChI is InChI=1S/C13H15ClN2O/c1-10-3-5-12(17-10)9-16(2)8-11-4-6-13(14)15-7-11/h3-7H,8-9H2,1-2H3. The molecule has 0 aromatic carbocycles. The van der Waals surface area contributed by atoms with Crippen molar-refractivity contribution >= 4 is 11.6 Å². The fourth-order valence-corrected chi connectivity index (χ4v) is 1.82. The fourth-order valence-electron chi connectivity index (χ4n) is 1.70. The molecule has 2 aromatic heterocycles. The molecule has 3 nitrogen and oxygen atoms in total. The van der Waals surface area contributed by atoms with Crippen LogP contribution in [-0.2, 0) is 13.1 Å². The third kappa shape index (κ3) is 3.58. The van der Waals surface area contributed by atoms with E-state index in [-0.39, 0.29) is 0 Å². The highest BCUT2D eigenvalue weighted by molar-refractivity contribution is 6.29. The normalized spacial score (nSPS) is 11.1. The molecule has 0 radical (unpaired) electrons. The molecular formula is C13H15ClN2O. The van der Waals surface area contributed by atoms with Gasteiger partial charge in [-0.2, -0.15) is 0 Å². The van der Waals surface area contributed by atoms with E-state index in [4.69, 9.17) is 16.0 Å². The first-order chi connectivity index (χ1) is 8.13. The van der Waals surface area contributed by atoms with E-state index in [1.54, 1.807) is 6.20 Å². The van der Waals surface area contributed by atoms with Gasteiger partial charge >= 0.3 is 0 Å². The highest BCUT2D eigenvalue weighted by atomic mass is 35.5. The van der Waals surface area contributed by atoms with E-state index in [9.17, 15) is 0 Å². The lowest BCUT2D eigenvalue weighted by molar-refractivity contribution is 0.285. The molecule has 0 aliphatic carbocycles. The number of aryl methyl sites for hydroxylation is 1. The average molecular weight is 251 g/mol. The molecule has 0 saturated heterocycles. The van der Waals surface area contributed by atoms with E-state index < -0.39 is 0 Å². The molecule has 0 aliphatic heterocycles. The summed E-state index contributed by atoms with van der Waals surface area (Å²) in [5.74, 6) is 1.92. The molecule has 0 atom stereocenters. The van der Waals surface area contributed by atoms with Gasteiger partial charge in [-0.25, -0.2) is 4.98 Å². The van der Waals surface area contributed by atoms with Gasteiger partial charge < -0.3 is 4.42 Å². The molecule has 2 heterocycles. The van der Waals surface area contributed by atoms with Crippen LogP contribution in [-0.4, -0.2) is 16.9 Å². The van der Waals surface area contributed by atoms with Gasteiger partial charge in [0.15, 0.2) is 0 Å². The van der Waals surface area contributed by atoms with Crippen molar-refractivity contribution in [2.45, 2.75) is 20.0 Å².